The lowest BCUT2D eigenvalue weighted by atomic mass is 9.82. The number of methoxy groups -OCH3 is 1. The van der Waals surface area contributed by atoms with Gasteiger partial charge in [0.1, 0.15) is 6.10 Å². The van der Waals surface area contributed by atoms with Gasteiger partial charge in [-0.15, -0.1) is 0 Å². The SMILES string of the molecule is CCOCC(C)COCc1ccc(C2C(OCC3CCC4OCCN(CCCOC)C4C3)CNCC2OC(=O)OCCCCCCON(O)O)cc1. The fraction of sp³-hybridized carbons (Fsp3) is 0.816. The van der Waals surface area contributed by atoms with Crippen molar-refractivity contribution in [1.82, 2.24) is 15.6 Å². The van der Waals surface area contributed by atoms with E-state index in [9.17, 15) is 4.79 Å². The third-order valence-electron chi connectivity index (χ3n) is 10.2. The second-order valence-corrected chi connectivity index (χ2v) is 14.4. The molecule has 2 saturated heterocycles. The minimum atomic E-state index is -0.688. The van der Waals surface area contributed by atoms with Gasteiger partial charge in [-0.2, -0.15) is 0 Å². The summed E-state index contributed by atoms with van der Waals surface area (Å²) in [6.07, 6.45) is 6.02. The van der Waals surface area contributed by atoms with Gasteiger partial charge in [0.2, 0.25) is 0 Å². The number of benzene rings is 1. The summed E-state index contributed by atoms with van der Waals surface area (Å²) in [4.78, 5) is 20.1. The molecule has 0 bridgehead atoms. The summed E-state index contributed by atoms with van der Waals surface area (Å²) >= 11 is 0. The first kappa shape index (κ1) is 42.8. The van der Waals surface area contributed by atoms with Crippen LogP contribution in [0.5, 0.6) is 0 Å². The maximum atomic E-state index is 12.9. The molecule has 298 valence electrons. The topological polar surface area (TPSA) is 150 Å². The predicted molar refractivity (Wildman–Crippen MR) is 192 cm³/mol. The molecule has 7 unspecified atom stereocenters. The Bertz CT molecular complexity index is 1100. The molecular weight excluding hydrogens is 674 g/mol. The van der Waals surface area contributed by atoms with Crippen molar-refractivity contribution in [3.63, 3.8) is 0 Å². The molecule has 1 aliphatic carbocycles. The van der Waals surface area contributed by atoms with Crippen molar-refractivity contribution >= 4 is 6.16 Å². The molecule has 52 heavy (non-hydrogen) atoms. The van der Waals surface area contributed by atoms with Crippen LogP contribution in [0.4, 0.5) is 4.79 Å². The molecule has 3 fully saturated rings. The number of unbranched alkanes of at least 4 members (excludes halogenated alkanes) is 3. The number of hydrogen-bond donors (Lipinski definition) is 3. The molecule has 0 amide bonds. The summed E-state index contributed by atoms with van der Waals surface area (Å²) in [5, 5.41) is 20.4. The van der Waals surface area contributed by atoms with Crippen molar-refractivity contribution in [3.05, 3.63) is 35.4 Å². The van der Waals surface area contributed by atoms with E-state index in [-0.39, 0.29) is 36.7 Å². The fourth-order valence-corrected chi connectivity index (χ4v) is 7.54. The van der Waals surface area contributed by atoms with E-state index in [1.165, 1.54) is 0 Å². The van der Waals surface area contributed by atoms with E-state index in [1.54, 1.807) is 7.11 Å². The first-order valence-corrected chi connectivity index (χ1v) is 19.4. The smallest absolute Gasteiger partial charge is 0.434 e. The van der Waals surface area contributed by atoms with Gasteiger partial charge in [-0.3, -0.25) is 20.2 Å². The summed E-state index contributed by atoms with van der Waals surface area (Å²) in [5.41, 5.74) is 2.13. The number of carbonyl (C=O) groups is 1. The molecule has 2 aliphatic heterocycles. The standard InChI is InChI=1S/C38H65N3O11/c1-4-46-25-29(2)26-47-27-30-10-13-32(14-11-30)37-35(23-39-24-36(37)52-38(42)49-19-7-5-6-8-20-51-41(43)44)50-28-31-12-15-34-33(22-31)40(17-21-48-34)16-9-18-45-3/h10-11,13-14,29,31,33-37,39,43-44H,4-9,12,15-28H2,1-3H3. The number of rotatable bonds is 24. The normalized spacial score (nSPS) is 25.9. The number of hydrogen-bond acceptors (Lipinski definition) is 14. The third kappa shape index (κ3) is 15.1. The lowest BCUT2D eigenvalue weighted by Crippen LogP contribution is -2.55. The molecule has 3 N–H and O–H groups in total. The Kier molecular flexibility index (Phi) is 20.1. The Labute approximate surface area is 310 Å². The molecule has 1 aromatic rings. The molecule has 0 aromatic heterocycles. The van der Waals surface area contributed by atoms with Crippen LogP contribution < -0.4 is 5.32 Å². The molecule has 14 nitrogen and oxygen atoms in total. The highest BCUT2D eigenvalue weighted by molar-refractivity contribution is 5.60. The molecule has 2 heterocycles. The molecule has 0 radical (unpaired) electrons. The second kappa shape index (κ2) is 24.5. The molecule has 0 spiro atoms. The van der Waals surface area contributed by atoms with E-state index in [4.69, 9.17) is 43.6 Å². The average molecular weight is 740 g/mol. The Balaban J connectivity index is 1.34. The lowest BCUT2D eigenvalue weighted by Gasteiger charge is -2.46. The van der Waals surface area contributed by atoms with E-state index in [1.807, 2.05) is 6.92 Å². The predicted octanol–water partition coefficient (Wildman–Crippen LogP) is 4.95. The molecule has 4 rings (SSSR count). The van der Waals surface area contributed by atoms with Crippen molar-refractivity contribution in [1.29, 1.82) is 0 Å². The molecular formula is C38H65N3O11. The van der Waals surface area contributed by atoms with E-state index in [0.717, 1.165) is 76.0 Å². The Morgan fingerprint density at radius 1 is 1.00 bits per heavy atom. The minimum absolute atomic E-state index is 0.174. The third-order valence-corrected chi connectivity index (χ3v) is 10.2. The van der Waals surface area contributed by atoms with Gasteiger partial charge >= 0.3 is 6.16 Å². The van der Waals surface area contributed by atoms with Crippen molar-refractivity contribution < 1.29 is 53.2 Å². The van der Waals surface area contributed by atoms with E-state index >= 15 is 0 Å². The molecule has 1 aromatic carbocycles. The van der Waals surface area contributed by atoms with E-state index in [2.05, 4.69) is 46.2 Å². The summed E-state index contributed by atoms with van der Waals surface area (Å²) < 4.78 is 41.2. The summed E-state index contributed by atoms with van der Waals surface area (Å²) in [6.45, 7) is 12.4. The first-order chi connectivity index (χ1) is 25.4. The van der Waals surface area contributed by atoms with Crippen LogP contribution in [-0.2, 0) is 44.6 Å². The zero-order chi connectivity index (χ0) is 37.0. The van der Waals surface area contributed by atoms with E-state index in [0.29, 0.717) is 76.8 Å². The zero-order valence-corrected chi connectivity index (χ0v) is 31.7. The van der Waals surface area contributed by atoms with Crippen LogP contribution in [0, 0.1) is 11.8 Å². The number of fused-ring (bicyclic) bond motifs is 1. The van der Waals surface area contributed by atoms with Crippen LogP contribution in [0.25, 0.3) is 0 Å². The molecule has 14 heteroatoms. The van der Waals surface area contributed by atoms with Gasteiger partial charge in [0.05, 0.1) is 57.2 Å². The van der Waals surface area contributed by atoms with Gasteiger partial charge in [-0.05, 0) is 68.9 Å². The number of nitrogens with one attached hydrogen (secondary N) is 1. The van der Waals surface area contributed by atoms with Gasteiger partial charge in [0, 0.05) is 71.0 Å². The summed E-state index contributed by atoms with van der Waals surface area (Å²) in [6, 6.07) is 8.78. The number of carbonyl (C=O) groups excluding carboxylic acids is 1. The van der Waals surface area contributed by atoms with Gasteiger partial charge in [-0.1, -0.05) is 37.6 Å². The first-order valence-electron chi connectivity index (χ1n) is 19.4. The minimum Gasteiger partial charge on any atom is -0.434 e. The van der Waals surface area contributed by atoms with Crippen LogP contribution in [0.2, 0.25) is 0 Å². The Morgan fingerprint density at radius 2 is 1.77 bits per heavy atom. The lowest BCUT2D eigenvalue weighted by molar-refractivity contribution is -0.492. The van der Waals surface area contributed by atoms with Crippen LogP contribution in [0.3, 0.4) is 0 Å². The zero-order valence-electron chi connectivity index (χ0n) is 31.7. The highest BCUT2D eigenvalue weighted by Gasteiger charge is 2.41. The van der Waals surface area contributed by atoms with Crippen LogP contribution in [-0.4, -0.2) is 137 Å². The number of nitrogens with zero attached hydrogens (tertiary/aromatic N) is 2. The van der Waals surface area contributed by atoms with Crippen LogP contribution in [0.1, 0.15) is 82.3 Å². The highest BCUT2D eigenvalue weighted by atomic mass is 17.1. The van der Waals surface area contributed by atoms with Crippen molar-refractivity contribution in [2.75, 3.05) is 86.1 Å². The van der Waals surface area contributed by atoms with Crippen molar-refractivity contribution in [2.24, 2.45) is 11.8 Å². The summed E-state index contributed by atoms with van der Waals surface area (Å²) in [5.74, 6) is 0.568. The quantitative estimate of drug-likeness (QED) is 0.0746. The van der Waals surface area contributed by atoms with Gasteiger partial charge < -0.3 is 38.5 Å². The average Bonchev–Trinajstić information content (AvgIpc) is 3.14. The molecule has 1 saturated carbocycles. The largest absolute Gasteiger partial charge is 0.508 e. The van der Waals surface area contributed by atoms with Crippen LogP contribution >= 0.6 is 0 Å². The van der Waals surface area contributed by atoms with Crippen molar-refractivity contribution in [3.8, 4) is 0 Å². The van der Waals surface area contributed by atoms with Crippen LogP contribution in [0.15, 0.2) is 24.3 Å². The Hall–Kier alpha value is -1.95. The number of piperidine rings is 1. The maximum absolute atomic E-state index is 12.9. The number of morpholine rings is 1. The summed E-state index contributed by atoms with van der Waals surface area (Å²) in [7, 11) is 1.76. The van der Waals surface area contributed by atoms with E-state index < -0.39 is 12.3 Å². The number of ether oxygens (including phenoxy) is 7. The van der Waals surface area contributed by atoms with Gasteiger partial charge in [0.15, 0.2) is 0 Å². The van der Waals surface area contributed by atoms with Gasteiger partial charge in [-0.25, -0.2) is 4.79 Å². The second-order valence-electron chi connectivity index (χ2n) is 14.4. The highest BCUT2D eigenvalue weighted by Crippen LogP contribution is 2.35. The van der Waals surface area contributed by atoms with Gasteiger partial charge in [0.25, 0.3) is 0 Å². The molecule has 7 atom stereocenters. The Morgan fingerprint density at radius 3 is 2.54 bits per heavy atom. The monoisotopic (exact) mass is 739 g/mol. The molecule has 3 aliphatic rings. The maximum Gasteiger partial charge on any atom is 0.508 e. The van der Waals surface area contributed by atoms with Crippen molar-refractivity contribution in [2.45, 2.75) is 102 Å². The fourth-order valence-electron chi connectivity index (χ4n) is 7.54.